The molecule has 1 atom stereocenters. The summed E-state index contributed by atoms with van der Waals surface area (Å²) in [5.74, 6) is 0.704. The Balaban J connectivity index is 1.30. The number of benzene rings is 1. The number of H-pyrrole nitrogens is 1. The van der Waals surface area contributed by atoms with E-state index in [2.05, 4.69) is 21.6 Å². The summed E-state index contributed by atoms with van der Waals surface area (Å²) in [6, 6.07) is 7.82. The van der Waals surface area contributed by atoms with E-state index in [4.69, 9.17) is 0 Å². The third-order valence-electron chi connectivity index (χ3n) is 6.09. The molecular weight excluding hydrogens is 354 g/mol. The van der Waals surface area contributed by atoms with E-state index in [1.165, 1.54) is 18.4 Å². The highest BCUT2D eigenvalue weighted by molar-refractivity contribution is 5.94. The number of nitrogens with zero attached hydrogens (tertiary/aromatic N) is 3. The number of carbonyl (C=O) groups excluding carboxylic acids is 2. The Bertz CT molecular complexity index is 908. The number of fused-ring (bicyclic) bond motifs is 2. The molecule has 2 aliphatic heterocycles. The lowest BCUT2D eigenvalue weighted by molar-refractivity contribution is -0.132. The topological polar surface area (TPSA) is 81.3 Å². The van der Waals surface area contributed by atoms with Crippen LogP contribution in [0.2, 0.25) is 0 Å². The van der Waals surface area contributed by atoms with Crippen LogP contribution < -0.4 is 5.32 Å². The highest BCUT2D eigenvalue weighted by Gasteiger charge is 2.35. The Morgan fingerprint density at radius 1 is 1.29 bits per heavy atom. The summed E-state index contributed by atoms with van der Waals surface area (Å²) in [5.41, 5.74) is 4.55. The van der Waals surface area contributed by atoms with Gasteiger partial charge in [0.1, 0.15) is 11.7 Å². The molecule has 0 bridgehead atoms. The number of rotatable bonds is 4. The minimum atomic E-state index is -0.234. The van der Waals surface area contributed by atoms with Gasteiger partial charge in [-0.3, -0.25) is 14.7 Å². The number of carbonyl (C=O) groups is 2. The van der Waals surface area contributed by atoms with Gasteiger partial charge < -0.3 is 15.1 Å². The first-order valence-electron chi connectivity index (χ1n) is 10.0. The number of hydrogen-bond acceptors (Lipinski definition) is 4. The van der Waals surface area contributed by atoms with Gasteiger partial charge >= 0.3 is 0 Å². The second-order valence-electron chi connectivity index (χ2n) is 8.22. The standard InChI is InChI=1S/C21H25N5O2/c1-25(11-13-6-7-13)21(28)19-15-12-26(9-8-17(15)23-24-19)20(27)18-10-14-4-2-3-5-16(14)22-18/h2-5,13,18,22H,6-12H2,1H3,(H,23,24). The van der Waals surface area contributed by atoms with Crippen LogP contribution in [-0.2, 0) is 24.2 Å². The smallest absolute Gasteiger partial charge is 0.271 e. The maximum absolute atomic E-state index is 13.1. The van der Waals surface area contributed by atoms with Gasteiger partial charge in [-0.15, -0.1) is 0 Å². The van der Waals surface area contributed by atoms with Crippen LogP contribution in [0.5, 0.6) is 0 Å². The SMILES string of the molecule is CN(CC1CC1)C(=O)c1[nH]nc2c1CN(C(=O)C1Cc3ccccc3N1)CC2. The Morgan fingerprint density at radius 3 is 2.89 bits per heavy atom. The molecular formula is C21H25N5O2. The summed E-state index contributed by atoms with van der Waals surface area (Å²) in [4.78, 5) is 29.6. The van der Waals surface area contributed by atoms with Gasteiger partial charge in [0.15, 0.2) is 0 Å². The zero-order valence-electron chi connectivity index (χ0n) is 16.1. The van der Waals surface area contributed by atoms with Crippen molar-refractivity contribution in [2.75, 3.05) is 25.5 Å². The molecule has 3 heterocycles. The molecule has 7 heteroatoms. The molecule has 1 unspecified atom stereocenters. The van der Waals surface area contributed by atoms with Gasteiger partial charge in [0.05, 0.1) is 5.69 Å². The van der Waals surface area contributed by atoms with Crippen LogP contribution in [0.25, 0.3) is 0 Å². The van der Waals surface area contributed by atoms with Gasteiger partial charge in [-0.1, -0.05) is 18.2 Å². The molecule has 3 aliphatic rings. The van der Waals surface area contributed by atoms with Crippen molar-refractivity contribution < 1.29 is 9.59 Å². The van der Waals surface area contributed by atoms with Crippen molar-refractivity contribution in [1.29, 1.82) is 0 Å². The lowest BCUT2D eigenvalue weighted by Crippen LogP contribution is -2.44. The van der Waals surface area contributed by atoms with E-state index in [9.17, 15) is 9.59 Å². The second kappa shape index (κ2) is 6.65. The normalized spacial score (nSPS) is 20.3. The maximum atomic E-state index is 13.1. The number of nitrogens with one attached hydrogen (secondary N) is 2. The molecule has 2 amide bonds. The van der Waals surface area contributed by atoms with E-state index in [1.807, 2.05) is 30.1 Å². The summed E-state index contributed by atoms with van der Waals surface area (Å²) in [7, 11) is 1.85. The number of aromatic amines is 1. The molecule has 1 aromatic heterocycles. The van der Waals surface area contributed by atoms with Crippen molar-refractivity contribution in [2.45, 2.75) is 38.3 Å². The molecule has 1 aliphatic carbocycles. The first-order chi connectivity index (χ1) is 13.6. The fraction of sp³-hybridized carbons (Fsp3) is 0.476. The average molecular weight is 379 g/mol. The minimum Gasteiger partial charge on any atom is -0.373 e. The van der Waals surface area contributed by atoms with Crippen LogP contribution in [0.3, 0.4) is 0 Å². The molecule has 2 aromatic rings. The van der Waals surface area contributed by atoms with Gasteiger partial charge in [-0.25, -0.2) is 0 Å². The van der Waals surface area contributed by atoms with Crippen molar-refractivity contribution in [3.8, 4) is 0 Å². The third kappa shape index (κ3) is 3.04. The predicted octanol–water partition coefficient (Wildman–Crippen LogP) is 1.81. The molecule has 0 radical (unpaired) electrons. The van der Waals surface area contributed by atoms with Crippen molar-refractivity contribution in [1.82, 2.24) is 20.0 Å². The fourth-order valence-electron chi connectivity index (χ4n) is 4.28. The lowest BCUT2D eigenvalue weighted by Gasteiger charge is -2.29. The first-order valence-corrected chi connectivity index (χ1v) is 10.0. The minimum absolute atomic E-state index is 0.0265. The Kier molecular flexibility index (Phi) is 4.10. The highest BCUT2D eigenvalue weighted by Crippen LogP contribution is 2.31. The summed E-state index contributed by atoms with van der Waals surface area (Å²) >= 11 is 0. The summed E-state index contributed by atoms with van der Waals surface area (Å²) in [6.45, 7) is 1.87. The second-order valence-corrected chi connectivity index (χ2v) is 8.22. The van der Waals surface area contributed by atoms with E-state index in [-0.39, 0.29) is 17.9 Å². The largest absolute Gasteiger partial charge is 0.373 e. The molecule has 1 saturated carbocycles. The molecule has 28 heavy (non-hydrogen) atoms. The first kappa shape index (κ1) is 17.3. The van der Waals surface area contributed by atoms with Gasteiger partial charge in [0.2, 0.25) is 5.91 Å². The van der Waals surface area contributed by atoms with E-state index >= 15 is 0 Å². The van der Waals surface area contributed by atoms with Crippen molar-refractivity contribution in [3.05, 3.63) is 46.8 Å². The lowest BCUT2D eigenvalue weighted by atomic mass is 10.0. The quantitative estimate of drug-likeness (QED) is 0.849. The molecule has 146 valence electrons. The van der Waals surface area contributed by atoms with E-state index < -0.39 is 0 Å². The van der Waals surface area contributed by atoms with Crippen LogP contribution in [0, 0.1) is 5.92 Å². The van der Waals surface area contributed by atoms with E-state index in [0.717, 1.165) is 23.5 Å². The third-order valence-corrected chi connectivity index (χ3v) is 6.09. The molecule has 0 spiro atoms. The Morgan fingerprint density at radius 2 is 2.11 bits per heavy atom. The number of amides is 2. The molecule has 1 fully saturated rings. The van der Waals surface area contributed by atoms with Gasteiger partial charge in [0.25, 0.3) is 5.91 Å². The number of anilines is 1. The van der Waals surface area contributed by atoms with Gasteiger partial charge in [-0.2, -0.15) is 5.10 Å². The fourth-order valence-corrected chi connectivity index (χ4v) is 4.28. The van der Waals surface area contributed by atoms with Crippen molar-refractivity contribution in [3.63, 3.8) is 0 Å². The molecule has 7 nitrogen and oxygen atoms in total. The highest BCUT2D eigenvalue weighted by atomic mass is 16.2. The number of para-hydroxylation sites is 1. The maximum Gasteiger partial charge on any atom is 0.271 e. The molecule has 5 rings (SSSR count). The van der Waals surface area contributed by atoms with Crippen LogP contribution in [-0.4, -0.2) is 58.0 Å². The van der Waals surface area contributed by atoms with Crippen LogP contribution in [0.4, 0.5) is 5.69 Å². The average Bonchev–Trinajstić information content (AvgIpc) is 3.27. The summed E-state index contributed by atoms with van der Waals surface area (Å²) in [6.07, 6.45) is 3.80. The molecule has 2 N–H and O–H groups in total. The number of aromatic nitrogens is 2. The Labute approximate surface area is 164 Å². The van der Waals surface area contributed by atoms with Crippen molar-refractivity contribution >= 4 is 17.5 Å². The van der Waals surface area contributed by atoms with E-state index in [1.54, 1.807) is 4.90 Å². The molecule has 1 aromatic carbocycles. The van der Waals surface area contributed by atoms with Crippen LogP contribution in [0.1, 0.15) is 40.2 Å². The Hall–Kier alpha value is -2.83. The van der Waals surface area contributed by atoms with Gasteiger partial charge in [0, 0.05) is 50.8 Å². The van der Waals surface area contributed by atoms with Crippen molar-refractivity contribution in [2.24, 2.45) is 5.92 Å². The molecule has 0 saturated heterocycles. The zero-order chi connectivity index (χ0) is 19.3. The summed E-state index contributed by atoms with van der Waals surface area (Å²) in [5, 5.41) is 10.6. The van der Waals surface area contributed by atoms with Gasteiger partial charge in [-0.05, 0) is 30.4 Å². The monoisotopic (exact) mass is 379 g/mol. The van der Waals surface area contributed by atoms with Crippen LogP contribution >= 0.6 is 0 Å². The zero-order valence-corrected chi connectivity index (χ0v) is 16.1. The van der Waals surface area contributed by atoms with E-state index in [0.29, 0.717) is 37.5 Å². The number of hydrogen-bond donors (Lipinski definition) is 2. The predicted molar refractivity (Wildman–Crippen MR) is 105 cm³/mol. The van der Waals surface area contributed by atoms with Crippen LogP contribution in [0.15, 0.2) is 24.3 Å². The summed E-state index contributed by atoms with van der Waals surface area (Å²) < 4.78 is 0.